The van der Waals surface area contributed by atoms with Gasteiger partial charge in [0.05, 0.1) is 12.2 Å². The Balaban J connectivity index is 1.73. The zero-order valence-corrected chi connectivity index (χ0v) is 20.3. The van der Waals surface area contributed by atoms with E-state index >= 15 is 0 Å². The van der Waals surface area contributed by atoms with Crippen LogP contribution in [-0.4, -0.2) is 39.8 Å². The van der Waals surface area contributed by atoms with Crippen LogP contribution in [0.1, 0.15) is 36.6 Å². The Morgan fingerprint density at radius 3 is 2.56 bits per heavy atom. The van der Waals surface area contributed by atoms with E-state index in [4.69, 9.17) is 16.3 Å². The normalized spacial score (nSPS) is 15.2. The van der Waals surface area contributed by atoms with E-state index in [1.807, 2.05) is 44.2 Å². The van der Waals surface area contributed by atoms with Gasteiger partial charge in [0.2, 0.25) is 11.9 Å². The highest BCUT2D eigenvalue weighted by Gasteiger charge is 2.38. The van der Waals surface area contributed by atoms with Crippen molar-refractivity contribution in [2.45, 2.75) is 33.7 Å². The standard InChI is InChI=1S/C25H26ClN5O3/c1-5-34-24(33)22-17(4)30(13-21(32)29-20-12-19(26)11-8-16(20)3)25-27-14-28-31(25)23(22)18-9-6-15(2)7-10-18/h6-12,14,23H,5,13H2,1-4H3,(H,29,32)/t23-/m1/s1. The van der Waals surface area contributed by atoms with Crippen molar-refractivity contribution in [3.8, 4) is 0 Å². The van der Waals surface area contributed by atoms with Crippen LogP contribution < -0.4 is 10.2 Å². The van der Waals surface area contributed by atoms with Gasteiger partial charge in [0, 0.05) is 16.4 Å². The third kappa shape index (κ3) is 4.54. The molecular formula is C25H26ClN5O3. The first-order valence-corrected chi connectivity index (χ1v) is 11.4. The monoisotopic (exact) mass is 479 g/mol. The van der Waals surface area contributed by atoms with Gasteiger partial charge in [0.25, 0.3) is 0 Å². The Morgan fingerprint density at radius 1 is 1.12 bits per heavy atom. The Bertz CT molecular complexity index is 1270. The summed E-state index contributed by atoms with van der Waals surface area (Å²) < 4.78 is 7.05. The topological polar surface area (TPSA) is 89.3 Å². The summed E-state index contributed by atoms with van der Waals surface area (Å²) in [6.45, 7) is 7.61. The van der Waals surface area contributed by atoms with Gasteiger partial charge in [-0.3, -0.25) is 4.79 Å². The van der Waals surface area contributed by atoms with Crippen LogP contribution in [0.15, 0.2) is 60.1 Å². The molecule has 1 aliphatic rings. The molecule has 2 heterocycles. The summed E-state index contributed by atoms with van der Waals surface area (Å²) >= 11 is 6.09. The lowest BCUT2D eigenvalue weighted by Crippen LogP contribution is -2.41. The molecule has 176 valence electrons. The highest BCUT2D eigenvalue weighted by Crippen LogP contribution is 2.38. The van der Waals surface area contributed by atoms with E-state index in [1.54, 1.807) is 35.6 Å². The fraction of sp³-hybridized carbons (Fsp3) is 0.280. The molecule has 0 unspecified atom stereocenters. The van der Waals surface area contributed by atoms with E-state index in [1.165, 1.54) is 6.33 Å². The zero-order chi connectivity index (χ0) is 24.4. The van der Waals surface area contributed by atoms with Gasteiger partial charge in [-0.25, -0.2) is 9.48 Å². The number of carbonyl (C=O) groups is 2. The van der Waals surface area contributed by atoms with Gasteiger partial charge in [-0.15, -0.1) is 0 Å². The molecule has 9 heteroatoms. The lowest BCUT2D eigenvalue weighted by Gasteiger charge is -2.35. The van der Waals surface area contributed by atoms with Crippen LogP contribution in [0.2, 0.25) is 5.02 Å². The highest BCUT2D eigenvalue weighted by molar-refractivity contribution is 6.31. The van der Waals surface area contributed by atoms with Gasteiger partial charge in [-0.2, -0.15) is 10.1 Å². The number of esters is 1. The van der Waals surface area contributed by atoms with E-state index in [0.717, 1.165) is 16.7 Å². The first kappa shape index (κ1) is 23.5. The molecule has 4 rings (SSSR count). The van der Waals surface area contributed by atoms with Crippen molar-refractivity contribution in [1.82, 2.24) is 14.8 Å². The maximum atomic E-state index is 13.1. The van der Waals surface area contributed by atoms with Crippen molar-refractivity contribution in [2.75, 3.05) is 23.4 Å². The predicted molar refractivity (Wildman–Crippen MR) is 131 cm³/mol. The summed E-state index contributed by atoms with van der Waals surface area (Å²) in [6.07, 6.45) is 1.42. The summed E-state index contributed by atoms with van der Waals surface area (Å²) in [6, 6.07) is 12.7. The number of ether oxygens (including phenoxy) is 1. The van der Waals surface area contributed by atoms with Crippen molar-refractivity contribution in [3.63, 3.8) is 0 Å². The second kappa shape index (κ2) is 9.69. The lowest BCUT2D eigenvalue weighted by molar-refractivity contribution is -0.139. The van der Waals surface area contributed by atoms with Crippen LogP contribution in [0, 0.1) is 13.8 Å². The summed E-state index contributed by atoms with van der Waals surface area (Å²) in [5.41, 5.74) is 4.49. The molecule has 0 aliphatic carbocycles. The van der Waals surface area contributed by atoms with Crippen LogP contribution in [0.25, 0.3) is 0 Å². The van der Waals surface area contributed by atoms with Crippen molar-refractivity contribution in [1.29, 1.82) is 0 Å². The van der Waals surface area contributed by atoms with Gasteiger partial charge in [0.1, 0.15) is 18.9 Å². The molecule has 1 atom stereocenters. The van der Waals surface area contributed by atoms with Gasteiger partial charge in [-0.05, 0) is 51.0 Å². The highest BCUT2D eigenvalue weighted by atomic mass is 35.5. The predicted octanol–water partition coefficient (Wildman–Crippen LogP) is 4.43. The van der Waals surface area contributed by atoms with E-state index in [-0.39, 0.29) is 19.1 Å². The quantitative estimate of drug-likeness (QED) is 0.526. The van der Waals surface area contributed by atoms with Crippen LogP contribution >= 0.6 is 11.6 Å². The number of allylic oxidation sites excluding steroid dienone is 1. The average molecular weight is 480 g/mol. The summed E-state index contributed by atoms with van der Waals surface area (Å²) in [7, 11) is 0. The van der Waals surface area contributed by atoms with Gasteiger partial charge < -0.3 is 15.0 Å². The fourth-order valence-electron chi connectivity index (χ4n) is 4.01. The minimum atomic E-state index is -0.522. The Labute approximate surface area is 203 Å². The molecule has 8 nitrogen and oxygen atoms in total. The number of rotatable bonds is 6. The molecule has 2 aromatic carbocycles. The second-order valence-electron chi connectivity index (χ2n) is 8.13. The number of fused-ring (bicyclic) bond motifs is 1. The third-order valence-corrected chi connectivity index (χ3v) is 6.01. The molecule has 3 aromatic rings. The molecule has 0 fully saturated rings. The average Bonchev–Trinajstić information content (AvgIpc) is 3.28. The molecule has 1 aliphatic heterocycles. The van der Waals surface area contributed by atoms with E-state index in [0.29, 0.717) is 27.9 Å². The van der Waals surface area contributed by atoms with Crippen LogP contribution in [0.4, 0.5) is 11.6 Å². The number of carbonyl (C=O) groups excluding carboxylic acids is 2. The summed E-state index contributed by atoms with van der Waals surface area (Å²) in [5, 5.41) is 7.83. The number of amides is 1. The largest absolute Gasteiger partial charge is 0.463 e. The number of aryl methyl sites for hydroxylation is 2. The number of halogens is 1. The molecule has 1 N–H and O–H groups in total. The number of hydrogen-bond acceptors (Lipinski definition) is 6. The zero-order valence-electron chi connectivity index (χ0n) is 19.5. The first-order chi connectivity index (χ1) is 16.3. The molecule has 34 heavy (non-hydrogen) atoms. The minimum absolute atomic E-state index is 0.0694. The number of aromatic nitrogens is 3. The van der Waals surface area contributed by atoms with Crippen LogP contribution in [0.3, 0.4) is 0 Å². The number of hydrogen-bond donors (Lipinski definition) is 1. The molecular weight excluding hydrogens is 454 g/mol. The number of benzene rings is 2. The van der Waals surface area contributed by atoms with Gasteiger partial charge >= 0.3 is 5.97 Å². The molecule has 1 amide bonds. The van der Waals surface area contributed by atoms with Crippen LogP contribution in [0.5, 0.6) is 0 Å². The summed E-state index contributed by atoms with van der Waals surface area (Å²) in [5.74, 6) is -0.270. The second-order valence-corrected chi connectivity index (χ2v) is 8.57. The number of nitrogens with zero attached hydrogens (tertiary/aromatic N) is 4. The number of anilines is 2. The Morgan fingerprint density at radius 2 is 1.85 bits per heavy atom. The molecule has 0 saturated heterocycles. The van der Waals surface area contributed by atoms with Crippen molar-refractivity contribution in [3.05, 3.63) is 81.8 Å². The van der Waals surface area contributed by atoms with Crippen molar-refractivity contribution < 1.29 is 14.3 Å². The van der Waals surface area contributed by atoms with E-state index in [9.17, 15) is 9.59 Å². The SMILES string of the molecule is CCOC(=O)C1=C(C)N(CC(=O)Nc2cc(Cl)ccc2C)c2ncnn2[C@@H]1c1ccc(C)cc1. The smallest absolute Gasteiger partial charge is 0.338 e. The first-order valence-electron chi connectivity index (χ1n) is 11.0. The Kier molecular flexibility index (Phi) is 6.70. The van der Waals surface area contributed by atoms with E-state index < -0.39 is 12.0 Å². The van der Waals surface area contributed by atoms with E-state index in [2.05, 4.69) is 15.4 Å². The molecule has 0 saturated carbocycles. The maximum Gasteiger partial charge on any atom is 0.338 e. The summed E-state index contributed by atoms with van der Waals surface area (Å²) in [4.78, 5) is 32.2. The van der Waals surface area contributed by atoms with Crippen LogP contribution in [-0.2, 0) is 14.3 Å². The number of nitrogens with one attached hydrogen (secondary N) is 1. The Hall–Kier alpha value is -3.65. The maximum absolute atomic E-state index is 13.1. The molecule has 0 spiro atoms. The fourth-order valence-corrected chi connectivity index (χ4v) is 4.18. The van der Waals surface area contributed by atoms with Crippen molar-refractivity contribution >= 4 is 35.1 Å². The molecule has 0 bridgehead atoms. The molecule has 0 radical (unpaired) electrons. The van der Waals surface area contributed by atoms with Gasteiger partial charge in [0.15, 0.2) is 0 Å². The molecule has 1 aromatic heterocycles. The minimum Gasteiger partial charge on any atom is -0.463 e. The van der Waals surface area contributed by atoms with Crippen molar-refractivity contribution in [2.24, 2.45) is 0 Å². The lowest BCUT2D eigenvalue weighted by atomic mass is 9.94. The third-order valence-electron chi connectivity index (χ3n) is 5.77. The van der Waals surface area contributed by atoms with Gasteiger partial charge in [-0.1, -0.05) is 47.5 Å².